The normalized spacial score (nSPS) is 19.1. The number of carbonyl (C=O) groups is 2. The van der Waals surface area contributed by atoms with E-state index in [-0.39, 0.29) is 12.5 Å². The fourth-order valence-corrected chi connectivity index (χ4v) is 1.69. The summed E-state index contributed by atoms with van der Waals surface area (Å²) >= 11 is 0. The Morgan fingerprint density at radius 3 is 3.00 bits per heavy atom. The Kier molecular flexibility index (Phi) is 3.41. The van der Waals surface area contributed by atoms with Gasteiger partial charge in [-0.25, -0.2) is 9.48 Å². The summed E-state index contributed by atoms with van der Waals surface area (Å²) in [7, 11) is 0. The van der Waals surface area contributed by atoms with Crippen molar-refractivity contribution in [3.8, 4) is 0 Å². The number of hydrogen-bond acceptors (Lipinski definition) is 5. The van der Waals surface area contributed by atoms with E-state index in [0.717, 1.165) is 5.69 Å². The lowest BCUT2D eigenvalue weighted by Gasteiger charge is -2.22. The molecule has 2 amide bonds. The molecule has 1 aliphatic rings. The van der Waals surface area contributed by atoms with Crippen molar-refractivity contribution in [2.45, 2.75) is 45.5 Å². The third-order valence-electron chi connectivity index (χ3n) is 2.50. The molecular weight excluding hydrogens is 250 g/mol. The van der Waals surface area contributed by atoms with Gasteiger partial charge in [-0.05, 0) is 20.8 Å². The molecule has 0 aliphatic carbocycles. The molecule has 0 unspecified atom stereocenters. The molecule has 1 aliphatic heterocycles. The SMILES string of the molecule is CC(C)(C)OC(=O)N[C@H]1Cn2nncc2CNC1=O. The van der Waals surface area contributed by atoms with Gasteiger partial charge in [-0.2, -0.15) is 0 Å². The molecule has 1 atom stereocenters. The van der Waals surface area contributed by atoms with Gasteiger partial charge in [-0.1, -0.05) is 5.21 Å². The first-order valence-electron chi connectivity index (χ1n) is 6.00. The zero-order chi connectivity index (χ0) is 14.0. The molecule has 0 aromatic carbocycles. The summed E-state index contributed by atoms with van der Waals surface area (Å²) in [5.41, 5.74) is 0.186. The molecule has 0 radical (unpaired) electrons. The van der Waals surface area contributed by atoms with E-state index < -0.39 is 17.7 Å². The molecular formula is C11H17N5O3. The highest BCUT2D eigenvalue weighted by Gasteiger charge is 2.27. The molecule has 8 nitrogen and oxygen atoms in total. The van der Waals surface area contributed by atoms with Gasteiger partial charge in [0.05, 0.1) is 25.0 Å². The van der Waals surface area contributed by atoms with Crippen molar-refractivity contribution in [2.24, 2.45) is 0 Å². The molecule has 1 aromatic rings. The number of ether oxygens (including phenoxy) is 1. The van der Waals surface area contributed by atoms with Crippen LogP contribution in [0.1, 0.15) is 26.5 Å². The lowest BCUT2D eigenvalue weighted by Crippen LogP contribution is -2.48. The van der Waals surface area contributed by atoms with Gasteiger partial charge < -0.3 is 15.4 Å². The van der Waals surface area contributed by atoms with E-state index in [0.29, 0.717) is 6.54 Å². The molecule has 2 N–H and O–H groups in total. The lowest BCUT2D eigenvalue weighted by molar-refractivity contribution is -0.123. The third kappa shape index (κ3) is 3.43. The highest BCUT2D eigenvalue weighted by molar-refractivity contribution is 5.85. The second-order valence-electron chi connectivity index (χ2n) is 5.32. The number of nitrogens with zero attached hydrogens (tertiary/aromatic N) is 3. The van der Waals surface area contributed by atoms with Crippen molar-refractivity contribution in [1.82, 2.24) is 25.6 Å². The summed E-state index contributed by atoms with van der Waals surface area (Å²) in [5.74, 6) is -0.267. The maximum atomic E-state index is 11.8. The zero-order valence-electron chi connectivity index (χ0n) is 11.1. The fraction of sp³-hybridized carbons (Fsp3) is 0.636. The van der Waals surface area contributed by atoms with E-state index in [2.05, 4.69) is 20.9 Å². The van der Waals surface area contributed by atoms with Crippen LogP contribution in [0.5, 0.6) is 0 Å². The number of fused-ring (bicyclic) bond motifs is 1. The monoisotopic (exact) mass is 267 g/mol. The van der Waals surface area contributed by atoms with Crippen molar-refractivity contribution < 1.29 is 14.3 Å². The van der Waals surface area contributed by atoms with Crippen molar-refractivity contribution in [3.63, 3.8) is 0 Å². The number of alkyl carbamates (subject to hydrolysis) is 1. The van der Waals surface area contributed by atoms with Gasteiger partial charge in [0, 0.05) is 0 Å². The second kappa shape index (κ2) is 4.87. The molecule has 0 saturated heterocycles. The lowest BCUT2D eigenvalue weighted by atomic mass is 10.2. The van der Waals surface area contributed by atoms with Crippen LogP contribution in [0.2, 0.25) is 0 Å². The minimum Gasteiger partial charge on any atom is -0.444 e. The molecule has 0 bridgehead atoms. The average molecular weight is 267 g/mol. The van der Waals surface area contributed by atoms with Crippen LogP contribution in [-0.2, 0) is 22.6 Å². The van der Waals surface area contributed by atoms with Crippen LogP contribution in [-0.4, -0.2) is 38.6 Å². The van der Waals surface area contributed by atoms with Gasteiger partial charge in [0.2, 0.25) is 5.91 Å². The highest BCUT2D eigenvalue weighted by atomic mass is 16.6. The van der Waals surface area contributed by atoms with E-state index >= 15 is 0 Å². The van der Waals surface area contributed by atoms with Crippen LogP contribution >= 0.6 is 0 Å². The average Bonchev–Trinajstić information content (AvgIpc) is 2.64. The number of rotatable bonds is 1. The molecule has 104 valence electrons. The van der Waals surface area contributed by atoms with Crippen LogP contribution in [0.3, 0.4) is 0 Å². The summed E-state index contributed by atoms with van der Waals surface area (Å²) in [6, 6.07) is -0.724. The summed E-state index contributed by atoms with van der Waals surface area (Å²) in [6.45, 7) is 5.86. The Balaban J connectivity index is 2.03. The first-order chi connectivity index (χ1) is 8.85. The fourth-order valence-electron chi connectivity index (χ4n) is 1.69. The Labute approximate surface area is 110 Å². The van der Waals surface area contributed by atoms with Gasteiger partial charge in [-0.3, -0.25) is 4.79 Å². The van der Waals surface area contributed by atoms with Crippen LogP contribution in [0.25, 0.3) is 0 Å². The number of nitrogens with one attached hydrogen (secondary N) is 2. The zero-order valence-corrected chi connectivity index (χ0v) is 11.1. The van der Waals surface area contributed by atoms with E-state index in [4.69, 9.17) is 4.74 Å². The molecule has 2 heterocycles. The van der Waals surface area contributed by atoms with Crippen molar-refractivity contribution >= 4 is 12.0 Å². The third-order valence-corrected chi connectivity index (χ3v) is 2.50. The summed E-state index contributed by atoms with van der Waals surface area (Å²) < 4.78 is 6.71. The molecule has 0 spiro atoms. The molecule has 0 fully saturated rings. The smallest absolute Gasteiger partial charge is 0.408 e. The molecule has 2 rings (SSSR count). The molecule has 8 heteroatoms. The minimum atomic E-state index is -0.724. The van der Waals surface area contributed by atoms with E-state index in [1.165, 1.54) is 0 Å². The van der Waals surface area contributed by atoms with Crippen molar-refractivity contribution in [1.29, 1.82) is 0 Å². The summed E-state index contributed by atoms with van der Waals surface area (Å²) in [5, 5.41) is 12.9. The van der Waals surface area contributed by atoms with Crippen molar-refractivity contribution in [3.05, 3.63) is 11.9 Å². The largest absolute Gasteiger partial charge is 0.444 e. The van der Waals surface area contributed by atoms with E-state index in [1.54, 1.807) is 31.6 Å². The van der Waals surface area contributed by atoms with Crippen LogP contribution in [0.15, 0.2) is 6.20 Å². The second-order valence-corrected chi connectivity index (χ2v) is 5.32. The predicted octanol–water partition coefficient (Wildman–Crippen LogP) is -0.199. The maximum absolute atomic E-state index is 11.8. The minimum absolute atomic E-state index is 0.237. The first-order valence-corrected chi connectivity index (χ1v) is 6.00. The number of hydrogen-bond donors (Lipinski definition) is 2. The Hall–Kier alpha value is -2.12. The highest BCUT2D eigenvalue weighted by Crippen LogP contribution is 2.08. The molecule has 1 aromatic heterocycles. The van der Waals surface area contributed by atoms with Crippen LogP contribution in [0.4, 0.5) is 4.79 Å². The quantitative estimate of drug-likeness (QED) is 0.734. The van der Waals surface area contributed by atoms with E-state index in [1.807, 2.05) is 0 Å². The van der Waals surface area contributed by atoms with Crippen LogP contribution in [0, 0.1) is 0 Å². The summed E-state index contributed by atoms with van der Waals surface area (Å²) in [6.07, 6.45) is 0.951. The Morgan fingerprint density at radius 1 is 1.58 bits per heavy atom. The van der Waals surface area contributed by atoms with Crippen molar-refractivity contribution in [2.75, 3.05) is 0 Å². The Bertz CT molecular complexity index is 491. The Morgan fingerprint density at radius 2 is 2.32 bits per heavy atom. The maximum Gasteiger partial charge on any atom is 0.408 e. The van der Waals surface area contributed by atoms with Gasteiger partial charge in [-0.15, -0.1) is 5.10 Å². The van der Waals surface area contributed by atoms with E-state index in [9.17, 15) is 9.59 Å². The van der Waals surface area contributed by atoms with Gasteiger partial charge >= 0.3 is 6.09 Å². The number of aromatic nitrogens is 3. The predicted molar refractivity (Wildman–Crippen MR) is 65.0 cm³/mol. The standard InChI is InChI=1S/C11H17N5O3/c1-11(2,3)19-10(18)14-8-6-16-7(5-13-15-16)4-12-9(8)17/h5,8H,4,6H2,1-3H3,(H,12,17)(H,14,18)/t8-/m0/s1. The van der Waals surface area contributed by atoms with Gasteiger partial charge in [0.1, 0.15) is 11.6 Å². The molecule has 0 saturated carbocycles. The number of amides is 2. The first kappa shape index (κ1) is 13.3. The molecule has 19 heavy (non-hydrogen) atoms. The van der Waals surface area contributed by atoms with Crippen LogP contribution < -0.4 is 10.6 Å². The topological polar surface area (TPSA) is 98.1 Å². The van der Waals surface area contributed by atoms with Gasteiger partial charge in [0.25, 0.3) is 0 Å². The van der Waals surface area contributed by atoms with Gasteiger partial charge in [0.15, 0.2) is 0 Å². The number of carbonyl (C=O) groups excluding carboxylic acids is 2. The summed E-state index contributed by atoms with van der Waals surface area (Å²) in [4.78, 5) is 23.5.